The first-order chi connectivity index (χ1) is 10.9. The lowest BCUT2D eigenvalue weighted by Crippen LogP contribution is -2.56. The summed E-state index contributed by atoms with van der Waals surface area (Å²) < 4.78 is 0. The Morgan fingerprint density at radius 2 is 1.83 bits per heavy atom. The monoisotopic (exact) mass is 322 g/mol. The molecule has 2 aliphatic heterocycles. The predicted molar refractivity (Wildman–Crippen MR) is 100 cm³/mol. The van der Waals surface area contributed by atoms with Crippen molar-refractivity contribution in [3.8, 4) is 0 Å². The van der Waals surface area contributed by atoms with E-state index >= 15 is 0 Å². The van der Waals surface area contributed by atoms with Gasteiger partial charge in [0, 0.05) is 31.2 Å². The van der Waals surface area contributed by atoms with Gasteiger partial charge in [-0.1, -0.05) is 27.2 Å². The van der Waals surface area contributed by atoms with Gasteiger partial charge in [0.1, 0.15) is 0 Å². The fraction of sp³-hybridized carbons (Fsp3) is 0.947. The van der Waals surface area contributed by atoms with E-state index < -0.39 is 0 Å². The highest BCUT2D eigenvalue weighted by Crippen LogP contribution is 2.32. The maximum atomic E-state index is 4.80. The third-order valence-corrected chi connectivity index (χ3v) is 5.38. The van der Waals surface area contributed by atoms with E-state index in [2.05, 4.69) is 50.3 Å². The Morgan fingerprint density at radius 3 is 2.39 bits per heavy atom. The van der Waals surface area contributed by atoms with Crippen molar-refractivity contribution in [2.75, 3.05) is 20.1 Å². The van der Waals surface area contributed by atoms with Crippen LogP contribution in [0.4, 0.5) is 0 Å². The van der Waals surface area contributed by atoms with Crippen LogP contribution in [0.2, 0.25) is 0 Å². The van der Waals surface area contributed by atoms with Gasteiger partial charge in [-0.25, -0.2) is 0 Å². The third-order valence-electron chi connectivity index (χ3n) is 5.38. The number of guanidine groups is 1. The zero-order chi connectivity index (χ0) is 16.9. The average molecular weight is 323 g/mol. The second-order valence-corrected chi connectivity index (χ2v) is 8.64. The minimum Gasteiger partial charge on any atom is -0.357 e. The first kappa shape index (κ1) is 18.6. The molecule has 4 nitrogen and oxygen atoms in total. The van der Waals surface area contributed by atoms with Gasteiger partial charge in [-0.2, -0.15) is 0 Å². The molecule has 0 aromatic carbocycles. The molecule has 0 spiro atoms. The Morgan fingerprint density at radius 1 is 1.17 bits per heavy atom. The summed E-state index contributed by atoms with van der Waals surface area (Å²) in [6.45, 7) is 10.9. The molecule has 2 N–H and O–H groups in total. The largest absolute Gasteiger partial charge is 0.357 e. The standard InChI is InChI=1S/C19H38N4/c1-6-20-18(21-12-8-11-19(2,3)4)22-15-13-16-9-7-10-17(14-15)23(16)5/h15-17H,6-14H2,1-5H3,(H2,20,21,22). The van der Waals surface area contributed by atoms with Crippen LogP contribution >= 0.6 is 0 Å². The van der Waals surface area contributed by atoms with E-state index in [1.54, 1.807) is 0 Å². The smallest absolute Gasteiger partial charge is 0.191 e. The van der Waals surface area contributed by atoms with Crippen molar-refractivity contribution in [1.29, 1.82) is 0 Å². The summed E-state index contributed by atoms with van der Waals surface area (Å²) in [5, 5.41) is 7.15. The summed E-state index contributed by atoms with van der Waals surface area (Å²) in [4.78, 5) is 7.42. The Hall–Kier alpha value is -0.770. The summed E-state index contributed by atoms with van der Waals surface area (Å²) in [6.07, 6.45) is 9.06. The molecule has 0 aromatic heterocycles. The first-order valence-electron chi connectivity index (χ1n) is 9.66. The fourth-order valence-electron chi connectivity index (χ4n) is 4.05. The van der Waals surface area contributed by atoms with Gasteiger partial charge in [-0.05, 0) is 57.9 Å². The van der Waals surface area contributed by atoms with Gasteiger partial charge < -0.3 is 15.5 Å². The van der Waals surface area contributed by atoms with Crippen molar-refractivity contribution in [1.82, 2.24) is 15.5 Å². The third kappa shape index (κ3) is 5.98. The second kappa shape index (κ2) is 8.36. The number of nitrogens with zero attached hydrogens (tertiary/aromatic N) is 2. The highest BCUT2D eigenvalue weighted by molar-refractivity contribution is 5.80. The summed E-state index contributed by atoms with van der Waals surface area (Å²) >= 11 is 0. The van der Waals surface area contributed by atoms with Crippen LogP contribution in [-0.4, -0.2) is 49.1 Å². The highest BCUT2D eigenvalue weighted by atomic mass is 15.2. The topological polar surface area (TPSA) is 39.7 Å². The van der Waals surface area contributed by atoms with E-state index in [4.69, 9.17) is 4.99 Å². The number of aliphatic imine (C=N–C) groups is 1. The first-order valence-corrected chi connectivity index (χ1v) is 9.66. The van der Waals surface area contributed by atoms with Crippen molar-refractivity contribution < 1.29 is 0 Å². The van der Waals surface area contributed by atoms with Crippen LogP contribution < -0.4 is 10.6 Å². The molecule has 2 heterocycles. The fourth-order valence-corrected chi connectivity index (χ4v) is 4.05. The Labute approximate surface area is 143 Å². The molecule has 0 saturated carbocycles. The molecule has 0 aromatic rings. The van der Waals surface area contributed by atoms with Gasteiger partial charge >= 0.3 is 0 Å². The van der Waals surface area contributed by atoms with Crippen molar-refractivity contribution in [3.05, 3.63) is 0 Å². The summed E-state index contributed by atoms with van der Waals surface area (Å²) in [7, 11) is 2.32. The molecule has 23 heavy (non-hydrogen) atoms. The van der Waals surface area contributed by atoms with Crippen LogP contribution in [0.15, 0.2) is 4.99 Å². The van der Waals surface area contributed by atoms with E-state index in [1.165, 1.54) is 44.9 Å². The lowest BCUT2D eigenvalue weighted by Gasteiger charge is -2.47. The van der Waals surface area contributed by atoms with E-state index in [1.807, 2.05) is 0 Å². The normalized spacial score (nSPS) is 29.4. The van der Waals surface area contributed by atoms with Gasteiger partial charge in [0.05, 0.1) is 0 Å². The summed E-state index contributed by atoms with van der Waals surface area (Å²) in [5.74, 6) is 1.02. The van der Waals surface area contributed by atoms with Crippen LogP contribution in [0.3, 0.4) is 0 Å². The average Bonchev–Trinajstić information content (AvgIpc) is 2.44. The maximum Gasteiger partial charge on any atom is 0.191 e. The molecule has 2 unspecified atom stereocenters. The van der Waals surface area contributed by atoms with Gasteiger partial charge in [0.15, 0.2) is 5.96 Å². The van der Waals surface area contributed by atoms with Crippen LogP contribution in [0, 0.1) is 5.41 Å². The molecule has 0 radical (unpaired) electrons. The van der Waals surface area contributed by atoms with Crippen LogP contribution in [0.25, 0.3) is 0 Å². The van der Waals surface area contributed by atoms with Crippen LogP contribution in [0.5, 0.6) is 0 Å². The van der Waals surface area contributed by atoms with Gasteiger partial charge in [-0.15, -0.1) is 0 Å². The number of piperidine rings is 2. The van der Waals surface area contributed by atoms with Crippen molar-refractivity contribution in [2.45, 2.75) is 90.8 Å². The zero-order valence-corrected chi connectivity index (χ0v) is 16.0. The lowest BCUT2D eigenvalue weighted by molar-refractivity contribution is 0.0526. The molecular formula is C19H38N4. The quantitative estimate of drug-likeness (QED) is 0.463. The minimum absolute atomic E-state index is 0.409. The van der Waals surface area contributed by atoms with Crippen molar-refractivity contribution in [3.63, 3.8) is 0 Å². The Kier molecular flexibility index (Phi) is 6.75. The number of fused-ring (bicyclic) bond motifs is 2. The molecule has 2 rings (SSSR count). The van der Waals surface area contributed by atoms with E-state index in [0.717, 1.165) is 31.1 Å². The van der Waals surface area contributed by atoms with Gasteiger partial charge in [0.25, 0.3) is 0 Å². The molecule has 2 bridgehead atoms. The van der Waals surface area contributed by atoms with Gasteiger partial charge in [0.2, 0.25) is 0 Å². The van der Waals surface area contributed by atoms with E-state index in [9.17, 15) is 0 Å². The molecule has 2 saturated heterocycles. The molecule has 2 atom stereocenters. The SMILES string of the molecule is CCNC(=NCCCC(C)(C)C)NC1CC2CCCC(C1)N2C. The van der Waals surface area contributed by atoms with E-state index in [-0.39, 0.29) is 0 Å². The molecule has 0 amide bonds. The van der Waals surface area contributed by atoms with Crippen molar-refractivity contribution >= 4 is 5.96 Å². The maximum absolute atomic E-state index is 4.80. The predicted octanol–water partition coefficient (Wildman–Crippen LogP) is 3.38. The second-order valence-electron chi connectivity index (χ2n) is 8.64. The molecular weight excluding hydrogens is 284 g/mol. The van der Waals surface area contributed by atoms with Crippen LogP contribution in [0.1, 0.15) is 72.6 Å². The molecule has 2 fully saturated rings. The Bertz CT molecular complexity index is 371. The zero-order valence-electron chi connectivity index (χ0n) is 16.0. The number of rotatable bonds is 5. The van der Waals surface area contributed by atoms with Crippen molar-refractivity contribution in [2.24, 2.45) is 10.4 Å². The van der Waals surface area contributed by atoms with Gasteiger partial charge in [-0.3, -0.25) is 4.99 Å². The Balaban J connectivity index is 1.84. The molecule has 134 valence electrons. The minimum atomic E-state index is 0.409. The number of hydrogen-bond donors (Lipinski definition) is 2. The molecule has 0 aliphatic carbocycles. The number of nitrogens with one attached hydrogen (secondary N) is 2. The molecule has 2 aliphatic rings. The summed E-state index contributed by atoms with van der Waals surface area (Å²) in [6, 6.07) is 2.12. The summed E-state index contributed by atoms with van der Waals surface area (Å²) in [5.41, 5.74) is 0.409. The highest BCUT2D eigenvalue weighted by Gasteiger charge is 2.36. The lowest BCUT2D eigenvalue weighted by atomic mass is 9.82. The number of hydrogen-bond acceptors (Lipinski definition) is 2. The van der Waals surface area contributed by atoms with Crippen LogP contribution in [-0.2, 0) is 0 Å². The van der Waals surface area contributed by atoms with E-state index in [0.29, 0.717) is 11.5 Å². The molecule has 4 heteroatoms.